The van der Waals surface area contributed by atoms with Crippen LogP contribution in [-0.4, -0.2) is 52.7 Å². The summed E-state index contributed by atoms with van der Waals surface area (Å²) in [6.07, 6.45) is 7.31. The van der Waals surface area contributed by atoms with Crippen molar-refractivity contribution in [3.63, 3.8) is 0 Å². The molecule has 8 nitrogen and oxygen atoms in total. The van der Waals surface area contributed by atoms with Gasteiger partial charge in [0.05, 0.1) is 12.2 Å². The molecule has 1 saturated heterocycles. The molecule has 1 saturated carbocycles. The molecule has 128 valence electrons. The van der Waals surface area contributed by atoms with Crippen LogP contribution in [0.5, 0.6) is 0 Å². The van der Waals surface area contributed by atoms with Gasteiger partial charge >= 0.3 is 0 Å². The second-order valence-corrected chi connectivity index (χ2v) is 8.83. The largest absolute Gasteiger partial charge is 0.310 e. The van der Waals surface area contributed by atoms with E-state index in [1.165, 1.54) is 30.7 Å². The Morgan fingerprint density at radius 2 is 1.92 bits per heavy atom. The van der Waals surface area contributed by atoms with Crippen LogP contribution >= 0.6 is 0 Å². The molecule has 0 amide bonds. The Morgan fingerprint density at radius 3 is 2.58 bits per heavy atom. The van der Waals surface area contributed by atoms with Crippen molar-refractivity contribution in [2.45, 2.75) is 44.1 Å². The van der Waals surface area contributed by atoms with Crippen LogP contribution in [0.15, 0.2) is 11.0 Å². The fourth-order valence-electron chi connectivity index (χ4n) is 3.62. The highest BCUT2D eigenvalue weighted by atomic mass is 32.2. The van der Waals surface area contributed by atoms with E-state index >= 15 is 0 Å². The van der Waals surface area contributed by atoms with Crippen molar-refractivity contribution >= 4 is 28.0 Å². The Bertz CT molecular complexity index is 926. The van der Waals surface area contributed by atoms with Crippen molar-refractivity contribution in [3.05, 3.63) is 22.4 Å². The van der Waals surface area contributed by atoms with Crippen molar-refractivity contribution in [3.8, 4) is 0 Å². The quantitative estimate of drug-likeness (QED) is 0.780. The fourth-order valence-corrected chi connectivity index (χ4v) is 4.52. The van der Waals surface area contributed by atoms with Crippen LogP contribution in [-0.2, 0) is 9.87 Å². The molecule has 0 atom stereocenters. The number of nitrogens with zero attached hydrogens (tertiary/aromatic N) is 4. The van der Waals surface area contributed by atoms with Crippen LogP contribution in [0, 0.1) is 0 Å². The molecule has 1 aliphatic heterocycles. The molecular weight excluding hydrogens is 329 g/mol. The molecule has 3 heterocycles. The first-order valence-electron chi connectivity index (χ1n) is 8.36. The average Bonchev–Trinajstić information content (AvgIpc) is 2.89. The van der Waals surface area contributed by atoms with Gasteiger partial charge in [0, 0.05) is 19.0 Å². The SMILES string of the molecule is BS(=O)(=O)N1CC(c2nc3c(cnn3C3CCCCC3)c(=O)[nH]2)C1. The van der Waals surface area contributed by atoms with E-state index in [0.717, 1.165) is 12.8 Å². The van der Waals surface area contributed by atoms with Crippen LogP contribution in [0.25, 0.3) is 11.0 Å². The molecule has 0 bridgehead atoms. The van der Waals surface area contributed by atoms with Crippen LogP contribution in [0.1, 0.15) is 49.9 Å². The smallest absolute Gasteiger partial charge is 0.276 e. The van der Waals surface area contributed by atoms with Crippen LogP contribution in [0.4, 0.5) is 0 Å². The van der Waals surface area contributed by atoms with E-state index in [1.54, 1.807) is 6.20 Å². The first kappa shape index (κ1) is 15.8. The van der Waals surface area contributed by atoms with Crippen molar-refractivity contribution in [2.24, 2.45) is 0 Å². The van der Waals surface area contributed by atoms with Gasteiger partial charge in [0.25, 0.3) is 12.7 Å². The number of rotatable bonds is 3. The van der Waals surface area contributed by atoms with E-state index in [0.29, 0.717) is 36.0 Å². The molecule has 0 aromatic carbocycles. The molecule has 0 spiro atoms. The minimum absolute atomic E-state index is 0.0634. The van der Waals surface area contributed by atoms with E-state index in [-0.39, 0.29) is 11.5 Å². The summed E-state index contributed by atoms with van der Waals surface area (Å²) in [5, 5.41) is 4.91. The van der Waals surface area contributed by atoms with Gasteiger partial charge in [-0.15, -0.1) is 0 Å². The Morgan fingerprint density at radius 1 is 1.21 bits per heavy atom. The summed E-state index contributed by atoms with van der Waals surface area (Å²) in [4.78, 5) is 19.8. The number of nitrogens with one attached hydrogen (secondary N) is 1. The minimum Gasteiger partial charge on any atom is -0.310 e. The lowest BCUT2D eigenvalue weighted by Crippen LogP contribution is -2.49. The van der Waals surface area contributed by atoms with E-state index in [2.05, 4.69) is 15.1 Å². The molecule has 2 aromatic heterocycles. The molecular formula is C14H20BN5O3S. The van der Waals surface area contributed by atoms with Gasteiger partial charge in [-0.2, -0.15) is 5.10 Å². The van der Waals surface area contributed by atoms with Crippen molar-refractivity contribution in [2.75, 3.05) is 13.1 Å². The minimum atomic E-state index is -3.18. The van der Waals surface area contributed by atoms with Crippen molar-refractivity contribution < 1.29 is 8.42 Å². The standard InChI is InChI=1S/C14H20BN5O3S/c15-24(22,23)19-7-9(8-19)12-17-13-11(14(21)18-12)6-16-20(13)10-4-2-1-3-5-10/h6,9-10H,1-5,7-8,15H2,(H,17,18,21). The molecule has 1 aliphatic carbocycles. The van der Waals surface area contributed by atoms with Gasteiger partial charge in [-0.05, 0) is 12.8 Å². The molecule has 4 rings (SSSR count). The molecule has 2 aliphatic rings. The first-order valence-corrected chi connectivity index (χ1v) is 10.2. The molecule has 1 N–H and O–H groups in total. The summed E-state index contributed by atoms with van der Waals surface area (Å²) < 4.78 is 26.3. The normalized spacial score (nSPS) is 21.2. The second-order valence-electron chi connectivity index (χ2n) is 6.85. The van der Waals surface area contributed by atoms with E-state index in [4.69, 9.17) is 0 Å². The number of aromatic amines is 1. The van der Waals surface area contributed by atoms with Gasteiger partial charge in [-0.1, -0.05) is 19.3 Å². The topological polar surface area (TPSA) is 101 Å². The number of H-pyrrole nitrogens is 1. The van der Waals surface area contributed by atoms with Gasteiger partial charge in [-0.25, -0.2) is 22.4 Å². The lowest BCUT2D eigenvalue weighted by molar-refractivity contribution is 0.260. The lowest BCUT2D eigenvalue weighted by atomic mass is 9.96. The number of hydrogen-bond acceptors (Lipinski definition) is 5. The summed E-state index contributed by atoms with van der Waals surface area (Å²) >= 11 is 0. The third-order valence-corrected chi connectivity index (χ3v) is 6.34. The zero-order valence-corrected chi connectivity index (χ0v) is 14.4. The predicted octanol–water partition coefficient (Wildman–Crippen LogP) is -0.0981. The molecule has 10 heteroatoms. The molecule has 0 radical (unpaired) electrons. The predicted molar refractivity (Wildman–Crippen MR) is 92.0 cm³/mol. The Balaban J connectivity index is 1.67. The third kappa shape index (κ3) is 2.67. The van der Waals surface area contributed by atoms with Crippen molar-refractivity contribution in [1.82, 2.24) is 24.1 Å². The summed E-state index contributed by atoms with van der Waals surface area (Å²) in [7, 11) is -1.98. The first-order chi connectivity index (χ1) is 11.4. The second kappa shape index (κ2) is 5.70. The van der Waals surface area contributed by atoms with E-state index < -0.39 is 9.87 Å². The van der Waals surface area contributed by atoms with Gasteiger partial charge in [0.2, 0.25) is 0 Å². The van der Waals surface area contributed by atoms with Crippen molar-refractivity contribution in [1.29, 1.82) is 0 Å². The number of aromatic nitrogens is 4. The monoisotopic (exact) mass is 349 g/mol. The fraction of sp³-hybridized carbons (Fsp3) is 0.643. The molecule has 0 unspecified atom stereocenters. The van der Waals surface area contributed by atoms with E-state index in [1.807, 2.05) is 4.68 Å². The maximum absolute atomic E-state index is 12.3. The molecule has 2 fully saturated rings. The zero-order chi connectivity index (χ0) is 16.9. The third-order valence-electron chi connectivity index (χ3n) is 5.11. The molecule has 24 heavy (non-hydrogen) atoms. The Labute approximate surface area is 140 Å². The number of hydrogen-bond donors (Lipinski definition) is 1. The van der Waals surface area contributed by atoms with Gasteiger partial charge < -0.3 is 4.98 Å². The van der Waals surface area contributed by atoms with Gasteiger partial charge in [0.1, 0.15) is 11.2 Å². The van der Waals surface area contributed by atoms with Crippen LogP contribution in [0.3, 0.4) is 0 Å². The molecule has 2 aromatic rings. The highest BCUT2D eigenvalue weighted by Gasteiger charge is 2.35. The maximum Gasteiger partial charge on any atom is 0.276 e. The zero-order valence-electron chi connectivity index (χ0n) is 13.6. The summed E-state index contributed by atoms with van der Waals surface area (Å²) in [6.45, 7) is 0.732. The highest BCUT2D eigenvalue weighted by molar-refractivity contribution is 8.10. The average molecular weight is 349 g/mol. The van der Waals surface area contributed by atoms with Crippen LogP contribution in [0.2, 0.25) is 0 Å². The summed E-state index contributed by atoms with van der Waals surface area (Å²) in [5.41, 5.74) is 0.424. The van der Waals surface area contributed by atoms with E-state index in [9.17, 15) is 13.2 Å². The Hall–Kier alpha value is -1.68. The van der Waals surface area contributed by atoms with Gasteiger partial charge in [-0.3, -0.25) is 4.79 Å². The van der Waals surface area contributed by atoms with Crippen LogP contribution < -0.4 is 5.56 Å². The van der Waals surface area contributed by atoms with Gasteiger partial charge in [0.15, 0.2) is 15.5 Å². The number of fused-ring (bicyclic) bond motifs is 1. The summed E-state index contributed by atoms with van der Waals surface area (Å²) in [5.74, 6) is 0.497. The Kier molecular flexibility index (Phi) is 3.76. The lowest BCUT2D eigenvalue weighted by Gasteiger charge is -2.36. The maximum atomic E-state index is 12.3. The summed E-state index contributed by atoms with van der Waals surface area (Å²) in [6, 6.07) is 0.298. The highest BCUT2D eigenvalue weighted by Crippen LogP contribution is 2.30.